The second kappa shape index (κ2) is 7.43. The van der Waals surface area contributed by atoms with Gasteiger partial charge in [-0.25, -0.2) is 0 Å². The van der Waals surface area contributed by atoms with Crippen molar-refractivity contribution in [1.82, 2.24) is 4.90 Å². The van der Waals surface area contributed by atoms with E-state index in [2.05, 4.69) is 32.7 Å². The number of nitrogens with zero attached hydrogens (tertiary/aromatic N) is 1. The summed E-state index contributed by atoms with van der Waals surface area (Å²) in [5.74, 6) is 2.22. The highest BCUT2D eigenvalue weighted by atomic mass is 16.5. The van der Waals surface area contributed by atoms with Crippen molar-refractivity contribution in [2.24, 2.45) is 28.9 Å². The monoisotopic (exact) mass is 296 g/mol. The molecule has 1 aliphatic carbocycles. The van der Waals surface area contributed by atoms with Crippen molar-refractivity contribution in [3.05, 3.63) is 0 Å². The van der Waals surface area contributed by atoms with Crippen LogP contribution >= 0.6 is 0 Å². The Kier molecular flexibility index (Phi) is 6.10. The van der Waals surface area contributed by atoms with Crippen LogP contribution in [0.2, 0.25) is 0 Å². The van der Waals surface area contributed by atoms with Crippen LogP contribution < -0.4 is 5.73 Å². The van der Waals surface area contributed by atoms with E-state index in [1.807, 2.05) is 0 Å². The van der Waals surface area contributed by atoms with E-state index in [-0.39, 0.29) is 0 Å². The lowest BCUT2D eigenvalue weighted by molar-refractivity contribution is 0.0356. The predicted molar refractivity (Wildman–Crippen MR) is 89.3 cm³/mol. The largest absolute Gasteiger partial charge is 0.381 e. The zero-order valence-electron chi connectivity index (χ0n) is 14.6. The third kappa shape index (κ3) is 5.22. The maximum atomic E-state index is 6.41. The van der Waals surface area contributed by atoms with Crippen LogP contribution in [-0.4, -0.2) is 44.3 Å². The number of ether oxygens (including phenoxy) is 1. The van der Waals surface area contributed by atoms with Gasteiger partial charge in [0.15, 0.2) is 0 Å². The third-order valence-corrected chi connectivity index (χ3v) is 5.64. The highest BCUT2D eigenvalue weighted by Gasteiger charge is 2.34. The van der Waals surface area contributed by atoms with Crippen LogP contribution in [0.5, 0.6) is 0 Å². The molecule has 0 bridgehead atoms. The van der Waals surface area contributed by atoms with Crippen LogP contribution in [0.3, 0.4) is 0 Å². The lowest BCUT2D eigenvalue weighted by atomic mass is 9.67. The summed E-state index contributed by atoms with van der Waals surface area (Å²) in [5, 5.41) is 0. The summed E-state index contributed by atoms with van der Waals surface area (Å²) in [6.45, 7) is 11.4. The van der Waals surface area contributed by atoms with Crippen LogP contribution in [0.1, 0.15) is 52.9 Å². The molecule has 0 aromatic heterocycles. The average molecular weight is 296 g/mol. The summed E-state index contributed by atoms with van der Waals surface area (Å²) < 4.78 is 5.60. The maximum Gasteiger partial charge on any atom is 0.0506 e. The molecule has 3 heteroatoms. The summed E-state index contributed by atoms with van der Waals surface area (Å²) in [6, 6.07) is 0.397. The molecule has 1 aliphatic heterocycles. The van der Waals surface area contributed by atoms with Crippen LogP contribution in [0.15, 0.2) is 0 Å². The molecule has 2 N–H and O–H groups in total. The minimum atomic E-state index is 0.397. The Balaban J connectivity index is 1.81. The molecule has 4 unspecified atom stereocenters. The van der Waals surface area contributed by atoms with Crippen LogP contribution in [0.4, 0.5) is 0 Å². The van der Waals surface area contributed by atoms with E-state index < -0.39 is 0 Å². The molecule has 1 heterocycles. The van der Waals surface area contributed by atoms with E-state index in [0.717, 1.165) is 31.6 Å². The fourth-order valence-electron chi connectivity index (χ4n) is 4.15. The third-order valence-electron chi connectivity index (χ3n) is 5.64. The molecule has 2 fully saturated rings. The minimum Gasteiger partial charge on any atom is -0.381 e. The second-order valence-corrected chi connectivity index (χ2v) is 8.60. The molecule has 0 radical (unpaired) electrons. The lowest BCUT2D eigenvalue weighted by Gasteiger charge is -2.42. The Hall–Kier alpha value is -0.120. The highest BCUT2D eigenvalue weighted by molar-refractivity contribution is 4.88. The Labute approximate surface area is 131 Å². The fraction of sp³-hybridized carbons (Fsp3) is 1.00. The second-order valence-electron chi connectivity index (χ2n) is 8.60. The zero-order valence-corrected chi connectivity index (χ0v) is 14.6. The lowest BCUT2D eigenvalue weighted by Crippen LogP contribution is -2.45. The summed E-state index contributed by atoms with van der Waals surface area (Å²) in [6.07, 6.45) is 6.36. The number of nitrogens with two attached hydrogens (primary N) is 1. The summed E-state index contributed by atoms with van der Waals surface area (Å²) in [7, 11) is 2.27. The topological polar surface area (TPSA) is 38.5 Å². The van der Waals surface area contributed by atoms with E-state index in [4.69, 9.17) is 10.5 Å². The highest BCUT2D eigenvalue weighted by Crippen LogP contribution is 2.40. The van der Waals surface area contributed by atoms with Gasteiger partial charge in [-0.05, 0) is 62.3 Å². The van der Waals surface area contributed by atoms with E-state index in [0.29, 0.717) is 17.4 Å². The van der Waals surface area contributed by atoms with Crippen molar-refractivity contribution in [2.45, 2.75) is 58.9 Å². The van der Waals surface area contributed by atoms with Gasteiger partial charge in [-0.3, -0.25) is 0 Å². The Morgan fingerprint density at radius 1 is 1.14 bits per heavy atom. The molecular formula is C18H36N2O. The molecule has 1 saturated heterocycles. The first kappa shape index (κ1) is 17.2. The van der Waals surface area contributed by atoms with E-state index in [1.165, 1.54) is 38.6 Å². The van der Waals surface area contributed by atoms with Crippen LogP contribution in [0, 0.1) is 23.2 Å². The molecule has 0 aromatic carbocycles. The van der Waals surface area contributed by atoms with Gasteiger partial charge >= 0.3 is 0 Å². The van der Waals surface area contributed by atoms with Crippen LogP contribution in [0.25, 0.3) is 0 Å². The smallest absolute Gasteiger partial charge is 0.0506 e. The number of hydrogen-bond donors (Lipinski definition) is 1. The van der Waals surface area contributed by atoms with Gasteiger partial charge in [-0.1, -0.05) is 20.8 Å². The standard InChI is InChI=1S/C18H36N2O/c1-18(2,3)16-7-8-17(19)15(10-16)12-20(4)11-14-6-5-9-21-13-14/h14-17H,5-13,19H2,1-4H3. The molecule has 4 atom stereocenters. The first-order valence-electron chi connectivity index (χ1n) is 8.88. The SMILES string of the molecule is CN(CC1CCCOC1)CC1CC(C(C)(C)C)CCC1N. The average Bonchev–Trinajstić information content (AvgIpc) is 2.41. The van der Waals surface area contributed by atoms with Crippen molar-refractivity contribution in [1.29, 1.82) is 0 Å². The van der Waals surface area contributed by atoms with Gasteiger partial charge in [-0.2, -0.15) is 0 Å². The maximum absolute atomic E-state index is 6.41. The Morgan fingerprint density at radius 3 is 2.52 bits per heavy atom. The molecule has 3 nitrogen and oxygen atoms in total. The summed E-state index contributed by atoms with van der Waals surface area (Å²) in [5.41, 5.74) is 6.84. The van der Waals surface area contributed by atoms with Crippen LogP contribution in [-0.2, 0) is 4.74 Å². The summed E-state index contributed by atoms with van der Waals surface area (Å²) in [4.78, 5) is 2.51. The van der Waals surface area contributed by atoms with Crippen molar-refractivity contribution in [2.75, 3.05) is 33.4 Å². The van der Waals surface area contributed by atoms with Crippen molar-refractivity contribution < 1.29 is 4.74 Å². The van der Waals surface area contributed by atoms with Gasteiger partial charge in [0.1, 0.15) is 0 Å². The van der Waals surface area contributed by atoms with Gasteiger partial charge in [-0.15, -0.1) is 0 Å². The van der Waals surface area contributed by atoms with Crippen molar-refractivity contribution in [3.8, 4) is 0 Å². The molecule has 2 aliphatic rings. The summed E-state index contributed by atoms with van der Waals surface area (Å²) >= 11 is 0. The Bertz CT molecular complexity index is 307. The molecule has 21 heavy (non-hydrogen) atoms. The van der Waals surface area contributed by atoms with Gasteiger partial charge < -0.3 is 15.4 Å². The molecule has 0 aromatic rings. The van der Waals surface area contributed by atoms with E-state index in [9.17, 15) is 0 Å². The van der Waals surface area contributed by atoms with Gasteiger partial charge in [0.25, 0.3) is 0 Å². The first-order valence-corrected chi connectivity index (χ1v) is 8.88. The van der Waals surface area contributed by atoms with Crippen molar-refractivity contribution in [3.63, 3.8) is 0 Å². The molecule has 0 amide bonds. The molecular weight excluding hydrogens is 260 g/mol. The van der Waals surface area contributed by atoms with Gasteiger partial charge in [0.05, 0.1) is 6.61 Å². The van der Waals surface area contributed by atoms with Gasteiger partial charge in [0.2, 0.25) is 0 Å². The zero-order chi connectivity index (χ0) is 15.5. The Morgan fingerprint density at radius 2 is 1.90 bits per heavy atom. The fourth-order valence-corrected chi connectivity index (χ4v) is 4.15. The van der Waals surface area contributed by atoms with Gasteiger partial charge in [0, 0.05) is 25.7 Å². The van der Waals surface area contributed by atoms with E-state index in [1.54, 1.807) is 0 Å². The number of rotatable bonds is 4. The predicted octanol–water partition coefficient (Wildman–Crippen LogP) is 3.13. The molecule has 124 valence electrons. The number of hydrogen-bond acceptors (Lipinski definition) is 3. The molecule has 0 spiro atoms. The van der Waals surface area contributed by atoms with E-state index >= 15 is 0 Å². The first-order chi connectivity index (χ1) is 9.86. The minimum absolute atomic E-state index is 0.397. The quantitative estimate of drug-likeness (QED) is 0.866. The van der Waals surface area contributed by atoms with Crippen molar-refractivity contribution >= 4 is 0 Å². The normalized spacial score (nSPS) is 35.1. The molecule has 1 saturated carbocycles. The molecule has 2 rings (SSSR count).